The van der Waals surface area contributed by atoms with Gasteiger partial charge in [0.25, 0.3) is 0 Å². The lowest BCUT2D eigenvalue weighted by atomic mass is 10.3. The molecule has 1 aromatic carbocycles. The maximum atomic E-state index is 12.3. The van der Waals surface area contributed by atoms with Crippen molar-refractivity contribution >= 4 is 29.4 Å². The summed E-state index contributed by atoms with van der Waals surface area (Å²) in [7, 11) is 0. The molecule has 0 bridgehead atoms. The zero-order valence-corrected chi connectivity index (χ0v) is 10.9. The van der Waals surface area contributed by atoms with Gasteiger partial charge in [0.1, 0.15) is 0 Å². The number of rotatable bonds is 2. The maximum Gasteiger partial charge on any atom is 0.446 e. The second-order valence-electron chi connectivity index (χ2n) is 3.02. The minimum Gasteiger partial charge on any atom is -1.00 e. The zero-order chi connectivity index (χ0) is 13.8. The number of alkyl halides is 3. The zero-order valence-electron chi connectivity index (χ0n) is 9.36. The first-order chi connectivity index (χ1) is 8.28. The van der Waals surface area contributed by atoms with Crippen LogP contribution in [0, 0.1) is 0 Å². The molecule has 10 heteroatoms. The third-order valence-corrected chi connectivity index (χ3v) is 2.37. The topological polar surface area (TPSA) is 103 Å². The van der Waals surface area contributed by atoms with Crippen LogP contribution in [0.1, 0.15) is 0 Å². The van der Waals surface area contributed by atoms with Crippen LogP contribution in [0.4, 0.5) is 18.9 Å². The standard InChI is InChI=1S/C9H10F3N5S.ClH/c10-9(11,12)18-6-4-2-1-3-5(6)16-8(15)17-7(13)14;/h1-4H,(H6,13,14,15,16,17);1H/p-1. The van der Waals surface area contributed by atoms with E-state index in [1.165, 1.54) is 24.3 Å². The number of thioether (sulfide) groups is 1. The van der Waals surface area contributed by atoms with Gasteiger partial charge < -0.3 is 29.6 Å². The molecule has 5 nitrogen and oxygen atoms in total. The van der Waals surface area contributed by atoms with E-state index < -0.39 is 5.51 Å². The highest BCUT2D eigenvalue weighted by Gasteiger charge is 2.30. The lowest BCUT2D eigenvalue weighted by Gasteiger charge is -2.07. The van der Waals surface area contributed by atoms with Crippen molar-refractivity contribution in [3.63, 3.8) is 0 Å². The number of halogens is 4. The van der Waals surface area contributed by atoms with E-state index in [0.29, 0.717) is 0 Å². The third-order valence-electron chi connectivity index (χ3n) is 1.57. The van der Waals surface area contributed by atoms with E-state index in [1.807, 2.05) is 0 Å². The van der Waals surface area contributed by atoms with Gasteiger partial charge in [-0.3, -0.25) is 0 Å². The lowest BCUT2D eigenvalue weighted by molar-refractivity contribution is -0.0328. The fourth-order valence-electron chi connectivity index (χ4n) is 1.04. The van der Waals surface area contributed by atoms with E-state index in [1.54, 1.807) is 0 Å². The average molecular weight is 313 g/mol. The number of guanidine groups is 2. The van der Waals surface area contributed by atoms with Crippen LogP contribution in [-0.4, -0.2) is 17.4 Å². The number of hydrogen-bond donors (Lipinski definition) is 3. The van der Waals surface area contributed by atoms with E-state index in [4.69, 9.17) is 17.2 Å². The normalized spacial score (nSPS) is 11.6. The Morgan fingerprint density at radius 3 is 2.21 bits per heavy atom. The smallest absolute Gasteiger partial charge is 0.446 e. The van der Waals surface area contributed by atoms with Crippen LogP contribution >= 0.6 is 11.8 Å². The van der Waals surface area contributed by atoms with Crippen LogP contribution in [0.3, 0.4) is 0 Å². The van der Waals surface area contributed by atoms with Crippen LogP contribution < -0.4 is 29.6 Å². The van der Waals surface area contributed by atoms with Gasteiger partial charge in [0.2, 0.25) is 5.96 Å². The first-order valence-electron chi connectivity index (χ1n) is 4.56. The number of hydrogen-bond acceptors (Lipinski definition) is 2. The van der Waals surface area contributed by atoms with Gasteiger partial charge in [-0.05, 0) is 23.9 Å². The molecule has 1 rings (SSSR count). The first kappa shape index (κ1) is 17.4. The Bertz CT molecular complexity index is 485. The molecule has 1 aromatic rings. The van der Waals surface area contributed by atoms with E-state index in [0.717, 1.165) is 0 Å². The van der Waals surface area contributed by atoms with Crippen molar-refractivity contribution in [3.8, 4) is 0 Å². The van der Waals surface area contributed by atoms with Crippen molar-refractivity contribution in [2.45, 2.75) is 10.4 Å². The molecule has 19 heavy (non-hydrogen) atoms. The molecule has 0 aromatic heterocycles. The fraction of sp³-hybridized carbons (Fsp3) is 0.111. The average Bonchev–Trinajstić information content (AvgIpc) is 2.17. The van der Waals surface area contributed by atoms with E-state index in [2.05, 4.69) is 9.98 Å². The van der Waals surface area contributed by atoms with Crippen molar-refractivity contribution < 1.29 is 25.6 Å². The molecule has 0 amide bonds. The van der Waals surface area contributed by atoms with Gasteiger partial charge in [0.15, 0.2) is 5.96 Å². The van der Waals surface area contributed by atoms with Crippen LogP contribution in [0.5, 0.6) is 0 Å². The van der Waals surface area contributed by atoms with E-state index >= 15 is 0 Å². The van der Waals surface area contributed by atoms with E-state index in [9.17, 15) is 13.2 Å². The summed E-state index contributed by atoms with van der Waals surface area (Å²) in [5, 5.41) is 0. The van der Waals surface area contributed by atoms with E-state index in [-0.39, 0.29) is 46.7 Å². The van der Waals surface area contributed by atoms with Crippen LogP contribution in [-0.2, 0) is 0 Å². The highest BCUT2D eigenvalue weighted by Crippen LogP contribution is 2.41. The minimum absolute atomic E-state index is 0. The molecule has 0 atom stereocenters. The molecular weight excluding hydrogens is 303 g/mol. The largest absolute Gasteiger partial charge is 1.00 e. The van der Waals surface area contributed by atoms with Gasteiger partial charge in [-0.1, -0.05) is 12.1 Å². The van der Waals surface area contributed by atoms with Crippen molar-refractivity contribution in [1.82, 2.24) is 0 Å². The van der Waals surface area contributed by atoms with Gasteiger partial charge >= 0.3 is 5.51 Å². The van der Waals surface area contributed by atoms with Gasteiger partial charge in [0.05, 0.1) is 5.69 Å². The fourth-order valence-corrected chi connectivity index (χ4v) is 1.66. The van der Waals surface area contributed by atoms with Gasteiger partial charge in [-0.25, -0.2) is 4.99 Å². The summed E-state index contributed by atoms with van der Waals surface area (Å²) in [5.41, 5.74) is 11.1. The van der Waals surface area contributed by atoms with Crippen molar-refractivity contribution in [2.75, 3.05) is 0 Å². The van der Waals surface area contributed by atoms with Crippen LogP contribution in [0.15, 0.2) is 39.1 Å². The van der Waals surface area contributed by atoms with Gasteiger partial charge in [0, 0.05) is 4.90 Å². The minimum atomic E-state index is -4.41. The number of para-hydroxylation sites is 1. The summed E-state index contributed by atoms with van der Waals surface area (Å²) >= 11 is -0.285. The molecule has 0 aliphatic rings. The molecular formula is C9H10ClF3N5S-. The van der Waals surface area contributed by atoms with Crippen LogP contribution in [0.25, 0.3) is 0 Å². The molecule has 0 heterocycles. The van der Waals surface area contributed by atoms with Crippen molar-refractivity contribution in [3.05, 3.63) is 24.3 Å². The van der Waals surface area contributed by atoms with Gasteiger partial charge in [-0.2, -0.15) is 18.2 Å². The van der Waals surface area contributed by atoms with Crippen molar-refractivity contribution in [1.29, 1.82) is 0 Å². The molecule has 0 saturated carbocycles. The Morgan fingerprint density at radius 2 is 1.68 bits per heavy atom. The molecule has 0 radical (unpaired) electrons. The summed E-state index contributed by atoms with van der Waals surface area (Å²) in [4.78, 5) is 7.04. The Labute approximate surface area is 117 Å². The molecule has 6 N–H and O–H groups in total. The third kappa shape index (κ3) is 6.77. The molecule has 0 aliphatic carbocycles. The monoisotopic (exact) mass is 312 g/mol. The number of benzene rings is 1. The predicted octanol–water partition coefficient (Wildman–Crippen LogP) is -1.48. The predicted molar refractivity (Wildman–Crippen MR) is 65.4 cm³/mol. The van der Waals surface area contributed by atoms with Crippen LogP contribution in [0.2, 0.25) is 0 Å². The lowest BCUT2D eigenvalue weighted by Crippen LogP contribution is -3.00. The van der Waals surface area contributed by atoms with Gasteiger partial charge in [-0.15, -0.1) is 0 Å². The summed E-state index contributed by atoms with van der Waals surface area (Å²) < 4.78 is 36.9. The maximum absolute atomic E-state index is 12.3. The number of nitrogens with two attached hydrogens (primary N) is 3. The molecule has 106 valence electrons. The second kappa shape index (κ2) is 7.10. The summed E-state index contributed by atoms with van der Waals surface area (Å²) in [6.45, 7) is 0. The highest BCUT2D eigenvalue weighted by atomic mass is 35.5. The first-order valence-corrected chi connectivity index (χ1v) is 5.38. The molecule has 0 saturated heterocycles. The SMILES string of the molecule is NC(N)=NC(N)=Nc1ccccc1SC(F)(F)F.[Cl-]. The highest BCUT2D eigenvalue weighted by molar-refractivity contribution is 8.00. The molecule has 0 unspecified atom stereocenters. The molecule has 0 aliphatic heterocycles. The Kier molecular flexibility index (Phi) is 6.49. The summed E-state index contributed by atoms with van der Waals surface area (Å²) in [6, 6.07) is 5.65. The summed E-state index contributed by atoms with van der Waals surface area (Å²) in [6.07, 6.45) is 0. The number of nitrogens with zero attached hydrogens (tertiary/aromatic N) is 2. The quantitative estimate of drug-likeness (QED) is 0.352. The number of aliphatic imine (C=N–C) groups is 2. The second-order valence-corrected chi connectivity index (χ2v) is 4.13. The molecule has 0 spiro atoms. The summed E-state index contributed by atoms with van der Waals surface area (Å²) in [5.74, 6) is -0.637. The Hall–Kier alpha value is -1.61. The Balaban J connectivity index is 0.00000324. The van der Waals surface area contributed by atoms with Crippen molar-refractivity contribution in [2.24, 2.45) is 27.2 Å². The molecule has 0 fully saturated rings. The Morgan fingerprint density at radius 1 is 1.11 bits per heavy atom.